The highest BCUT2D eigenvalue weighted by atomic mass is 32.2. The van der Waals surface area contributed by atoms with Gasteiger partial charge in [-0.1, -0.05) is 71.9 Å². The van der Waals surface area contributed by atoms with Crippen LogP contribution in [-0.4, -0.2) is 44.1 Å². The molecule has 41 heavy (non-hydrogen) atoms. The molecule has 3 aromatic rings. The molecule has 0 spiro atoms. The molecule has 4 rings (SSSR count). The fraction of sp³-hybridized carbons (Fsp3) is 0.455. The van der Waals surface area contributed by atoms with Gasteiger partial charge in [0, 0.05) is 22.3 Å². The van der Waals surface area contributed by atoms with E-state index in [9.17, 15) is 9.90 Å². The molecule has 0 saturated carbocycles. The Balaban J connectivity index is 1.57. The van der Waals surface area contributed by atoms with Crippen LogP contribution in [0.15, 0.2) is 54.0 Å². The van der Waals surface area contributed by atoms with Gasteiger partial charge in [-0.2, -0.15) is 11.8 Å². The maximum absolute atomic E-state index is 12.9. The van der Waals surface area contributed by atoms with E-state index in [0.717, 1.165) is 51.0 Å². The number of aliphatic hydroxyl groups is 1. The number of carbonyl (C=O) groups is 1. The third kappa shape index (κ3) is 7.53. The molecule has 8 heteroatoms. The summed E-state index contributed by atoms with van der Waals surface area (Å²) < 4.78 is 0. The van der Waals surface area contributed by atoms with Crippen LogP contribution in [0.3, 0.4) is 0 Å². The number of nitrogens with one attached hydrogen (secondary N) is 1. The second-order valence-corrected chi connectivity index (χ2v) is 14.2. The molecule has 6 nitrogen and oxygen atoms in total. The van der Waals surface area contributed by atoms with Crippen LogP contribution >= 0.6 is 23.1 Å². The number of allylic oxidation sites excluding steroid dienone is 2. The Morgan fingerprint density at radius 1 is 1.12 bits per heavy atom. The predicted octanol–water partition coefficient (Wildman–Crippen LogP) is 7.41. The molecular formula is C33H42N4O2S2. The molecular weight excluding hydrogens is 549 g/mol. The number of amides is 1. The van der Waals surface area contributed by atoms with Gasteiger partial charge in [0.25, 0.3) is 5.91 Å². The number of rotatable bonds is 9. The molecule has 2 N–H and O–H groups in total. The maximum atomic E-state index is 12.9. The van der Waals surface area contributed by atoms with E-state index in [1.165, 1.54) is 22.5 Å². The summed E-state index contributed by atoms with van der Waals surface area (Å²) in [6.07, 6.45) is 8.99. The van der Waals surface area contributed by atoms with Crippen molar-refractivity contribution in [1.29, 1.82) is 0 Å². The third-order valence-electron chi connectivity index (χ3n) is 7.69. The van der Waals surface area contributed by atoms with Crippen molar-refractivity contribution in [2.45, 2.75) is 66.3 Å². The molecule has 0 radical (unpaired) electrons. The summed E-state index contributed by atoms with van der Waals surface area (Å²) in [5.74, 6) is 2.95. The van der Waals surface area contributed by atoms with Crippen molar-refractivity contribution in [1.82, 2.24) is 20.3 Å². The van der Waals surface area contributed by atoms with E-state index in [1.807, 2.05) is 36.0 Å². The van der Waals surface area contributed by atoms with Crippen LogP contribution in [0.1, 0.15) is 85.5 Å². The van der Waals surface area contributed by atoms with Crippen molar-refractivity contribution in [2.24, 2.45) is 11.8 Å². The lowest BCUT2D eigenvalue weighted by atomic mass is 9.83. The zero-order valence-corrected chi connectivity index (χ0v) is 26.8. The number of aliphatic hydroxyl groups excluding tert-OH is 1. The van der Waals surface area contributed by atoms with Crippen molar-refractivity contribution >= 4 is 35.1 Å². The molecule has 1 amide bonds. The van der Waals surface area contributed by atoms with E-state index in [4.69, 9.17) is 0 Å². The Hall–Kier alpha value is -2.81. The fourth-order valence-electron chi connectivity index (χ4n) is 4.78. The molecule has 0 fully saturated rings. The van der Waals surface area contributed by atoms with Gasteiger partial charge in [0.15, 0.2) is 0 Å². The van der Waals surface area contributed by atoms with E-state index in [0.29, 0.717) is 16.7 Å². The molecule has 0 aliphatic carbocycles. The van der Waals surface area contributed by atoms with Gasteiger partial charge in [-0.05, 0) is 53.7 Å². The number of benzene rings is 1. The van der Waals surface area contributed by atoms with E-state index in [-0.39, 0.29) is 17.9 Å². The van der Waals surface area contributed by atoms with Gasteiger partial charge in [0.05, 0.1) is 35.2 Å². The highest BCUT2D eigenvalue weighted by Crippen LogP contribution is 2.34. The first-order valence-corrected chi connectivity index (χ1v) is 16.3. The van der Waals surface area contributed by atoms with E-state index < -0.39 is 6.04 Å². The standard InChI is InChI=1S/C33H42N4O2S2/c1-20(2)21(3)26(23-12-14-40-15-13-23)16-27-22(4)30(36-19-35-27)25-10-8-24(9-11-25)28(18-38)37-31(39)29-17-34-32(41-29)33(5,6)7/h8-12,16-17,19-21,28,38H,13-15,18H2,1-7H3,(H,37,39). The number of carbonyl (C=O) groups excluding carboxylic acids is 1. The number of aromatic nitrogens is 3. The Labute approximate surface area is 252 Å². The summed E-state index contributed by atoms with van der Waals surface area (Å²) in [4.78, 5) is 27.2. The molecule has 2 unspecified atom stereocenters. The fourth-order valence-corrected chi connectivity index (χ4v) is 6.50. The molecule has 1 aromatic carbocycles. The molecule has 218 valence electrons. The molecule has 1 aliphatic heterocycles. The monoisotopic (exact) mass is 590 g/mol. The summed E-state index contributed by atoms with van der Waals surface area (Å²) in [6.45, 7) is 15.0. The van der Waals surface area contributed by atoms with Gasteiger partial charge in [0.1, 0.15) is 11.2 Å². The van der Waals surface area contributed by atoms with Crippen molar-refractivity contribution in [3.63, 3.8) is 0 Å². The number of thiazole rings is 1. The van der Waals surface area contributed by atoms with E-state index >= 15 is 0 Å². The van der Waals surface area contributed by atoms with E-state index in [1.54, 1.807) is 12.5 Å². The second-order valence-electron chi connectivity index (χ2n) is 12.0. The minimum Gasteiger partial charge on any atom is -0.394 e. The Kier molecular flexibility index (Phi) is 10.2. The Morgan fingerprint density at radius 2 is 1.85 bits per heavy atom. The van der Waals surface area contributed by atoms with Gasteiger partial charge in [-0.3, -0.25) is 4.79 Å². The van der Waals surface area contributed by atoms with Crippen molar-refractivity contribution < 1.29 is 9.90 Å². The topological polar surface area (TPSA) is 88.0 Å². The minimum absolute atomic E-state index is 0.120. The van der Waals surface area contributed by atoms with Crippen LogP contribution < -0.4 is 5.32 Å². The SMILES string of the molecule is Cc1c(C=C(C2=CCSCC2)C(C)C(C)C)ncnc1-c1ccc(C(CO)NC(=O)c2cnc(C(C)(C)C)s2)cc1. The van der Waals surface area contributed by atoms with Crippen LogP contribution in [0, 0.1) is 18.8 Å². The van der Waals surface area contributed by atoms with E-state index in [2.05, 4.69) is 80.9 Å². The Bertz CT molecular complexity index is 1420. The van der Waals surface area contributed by atoms with Crippen molar-refractivity contribution in [3.8, 4) is 11.3 Å². The molecule has 3 heterocycles. The van der Waals surface area contributed by atoms with Crippen LogP contribution in [0.5, 0.6) is 0 Å². The quantitative estimate of drug-likeness (QED) is 0.270. The third-order valence-corrected chi connectivity index (χ3v) is 10.0. The van der Waals surface area contributed by atoms with Crippen LogP contribution in [0.4, 0.5) is 0 Å². The summed E-state index contributed by atoms with van der Waals surface area (Å²) in [6, 6.07) is 7.35. The molecule has 0 bridgehead atoms. The van der Waals surface area contributed by atoms with Crippen LogP contribution in [0.2, 0.25) is 0 Å². The van der Waals surface area contributed by atoms with Crippen molar-refractivity contribution in [2.75, 3.05) is 18.1 Å². The number of thioether (sulfide) groups is 1. The first kappa shape index (κ1) is 31.1. The van der Waals surface area contributed by atoms with Crippen molar-refractivity contribution in [3.05, 3.63) is 80.7 Å². The number of nitrogens with zero attached hydrogens (tertiary/aromatic N) is 3. The second kappa shape index (κ2) is 13.4. The first-order valence-electron chi connectivity index (χ1n) is 14.3. The van der Waals surface area contributed by atoms with Crippen LogP contribution in [0.25, 0.3) is 17.3 Å². The average molecular weight is 591 g/mol. The number of hydrogen-bond acceptors (Lipinski definition) is 7. The van der Waals surface area contributed by atoms with Gasteiger partial charge >= 0.3 is 0 Å². The molecule has 2 aromatic heterocycles. The van der Waals surface area contributed by atoms with Gasteiger partial charge in [-0.25, -0.2) is 15.0 Å². The van der Waals surface area contributed by atoms with Gasteiger partial charge in [0.2, 0.25) is 0 Å². The zero-order chi connectivity index (χ0) is 29.7. The largest absolute Gasteiger partial charge is 0.394 e. The Morgan fingerprint density at radius 3 is 2.44 bits per heavy atom. The number of hydrogen-bond donors (Lipinski definition) is 2. The maximum Gasteiger partial charge on any atom is 0.263 e. The zero-order valence-electron chi connectivity index (χ0n) is 25.2. The van der Waals surface area contributed by atoms with Gasteiger partial charge in [-0.15, -0.1) is 11.3 Å². The van der Waals surface area contributed by atoms with Crippen LogP contribution in [-0.2, 0) is 5.41 Å². The lowest BCUT2D eigenvalue weighted by molar-refractivity contribution is 0.0920. The summed E-state index contributed by atoms with van der Waals surface area (Å²) in [5.41, 5.74) is 7.35. The first-order chi connectivity index (χ1) is 19.5. The normalized spacial score (nSPS) is 15.9. The highest BCUT2D eigenvalue weighted by molar-refractivity contribution is 7.99. The summed E-state index contributed by atoms with van der Waals surface area (Å²) in [7, 11) is 0. The minimum atomic E-state index is -0.524. The lowest BCUT2D eigenvalue weighted by Crippen LogP contribution is -2.30. The van der Waals surface area contributed by atoms with Gasteiger partial charge < -0.3 is 10.4 Å². The molecule has 0 saturated heterocycles. The average Bonchev–Trinajstić information content (AvgIpc) is 3.47. The summed E-state index contributed by atoms with van der Waals surface area (Å²) >= 11 is 3.37. The molecule has 2 atom stereocenters. The predicted molar refractivity (Wildman–Crippen MR) is 172 cm³/mol. The smallest absolute Gasteiger partial charge is 0.263 e. The lowest BCUT2D eigenvalue weighted by Gasteiger charge is -2.25. The summed E-state index contributed by atoms with van der Waals surface area (Å²) in [5, 5.41) is 14.0. The molecule has 1 aliphatic rings. The highest BCUT2D eigenvalue weighted by Gasteiger charge is 2.23.